The van der Waals surface area contributed by atoms with E-state index >= 15 is 0 Å². The number of nitrogens with zero attached hydrogens (tertiary/aromatic N) is 4. The molecule has 3 aromatic rings. The molecule has 0 aliphatic carbocycles. The van der Waals surface area contributed by atoms with Gasteiger partial charge in [-0.2, -0.15) is 0 Å². The molecule has 3 atom stereocenters. The van der Waals surface area contributed by atoms with Gasteiger partial charge in [0.05, 0.1) is 39.7 Å². The SMILES string of the molecule is Cc1ncsc1-c1ccc(CCNC(=O)[C@@H]2C[C@@H](O)CN2C(=O)C(C)(C)[C@H](C)NC(=O)CNC(=O)c2ccc(N3CCNCC3)nc2)cc1.Cl. The Hall–Kier alpha value is -4.11. The van der Waals surface area contributed by atoms with E-state index in [9.17, 15) is 24.3 Å². The minimum atomic E-state index is -1.11. The summed E-state index contributed by atoms with van der Waals surface area (Å²) >= 11 is 1.60. The number of piperazine rings is 1. The third kappa shape index (κ3) is 9.36. The minimum absolute atomic E-state index is 0. The van der Waals surface area contributed by atoms with Gasteiger partial charge in [-0.1, -0.05) is 24.3 Å². The number of aromatic nitrogens is 2. The third-order valence-electron chi connectivity index (χ3n) is 9.39. The van der Waals surface area contributed by atoms with Gasteiger partial charge in [-0.3, -0.25) is 19.2 Å². The van der Waals surface area contributed by atoms with Crippen LogP contribution in [0.4, 0.5) is 5.82 Å². The van der Waals surface area contributed by atoms with Gasteiger partial charge in [0.2, 0.25) is 17.7 Å². The lowest BCUT2D eigenvalue weighted by Crippen LogP contribution is -2.56. The number of amides is 4. The highest BCUT2D eigenvalue weighted by molar-refractivity contribution is 7.13. The van der Waals surface area contributed by atoms with Crippen molar-refractivity contribution in [1.29, 1.82) is 0 Å². The molecule has 4 amide bonds. The van der Waals surface area contributed by atoms with E-state index in [1.165, 1.54) is 11.1 Å². The second-order valence-corrected chi connectivity index (χ2v) is 14.1. The van der Waals surface area contributed by atoms with Crippen molar-refractivity contribution in [3.8, 4) is 10.4 Å². The Kier molecular flexibility index (Phi) is 13.3. The fourth-order valence-corrected chi connectivity index (χ4v) is 6.84. The van der Waals surface area contributed by atoms with Gasteiger partial charge in [-0.25, -0.2) is 9.97 Å². The predicted octanol–water partition coefficient (Wildman–Crippen LogP) is 1.93. The Balaban J connectivity index is 0.00000562. The summed E-state index contributed by atoms with van der Waals surface area (Å²) in [6.45, 7) is 10.6. The van der Waals surface area contributed by atoms with Crippen LogP contribution in [0, 0.1) is 12.3 Å². The molecule has 2 aromatic heterocycles. The topological polar surface area (TPSA) is 169 Å². The highest BCUT2D eigenvalue weighted by atomic mass is 35.5. The molecule has 0 radical (unpaired) electrons. The molecule has 270 valence electrons. The second kappa shape index (κ2) is 17.2. The van der Waals surface area contributed by atoms with Crippen molar-refractivity contribution in [1.82, 2.24) is 36.1 Å². The number of β-amino-alcohol motifs (C(OH)–C–C–N with tert-alkyl or cyclic N) is 1. The first kappa shape index (κ1) is 38.7. The lowest BCUT2D eigenvalue weighted by atomic mass is 9.83. The van der Waals surface area contributed by atoms with Crippen molar-refractivity contribution in [2.75, 3.05) is 50.7 Å². The first-order chi connectivity index (χ1) is 23.4. The fourth-order valence-electron chi connectivity index (χ4n) is 6.03. The Morgan fingerprint density at radius 1 is 1.06 bits per heavy atom. The number of hydrogen-bond acceptors (Lipinski definition) is 10. The van der Waals surface area contributed by atoms with Gasteiger partial charge >= 0.3 is 0 Å². The number of pyridine rings is 1. The number of rotatable bonds is 12. The molecule has 13 nitrogen and oxygen atoms in total. The quantitative estimate of drug-likeness (QED) is 0.187. The number of benzene rings is 1. The van der Waals surface area contributed by atoms with Gasteiger partial charge in [0.15, 0.2) is 0 Å². The summed E-state index contributed by atoms with van der Waals surface area (Å²) in [7, 11) is 0. The van der Waals surface area contributed by atoms with Crippen LogP contribution in [-0.4, -0.2) is 108 Å². The lowest BCUT2D eigenvalue weighted by Gasteiger charge is -2.36. The van der Waals surface area contributed by atoms with E-state index in [2.05, 4.69) is 36.1 Å². The maximum atomic E-state index is 13.8. The number of aryl methyl sites for hydroxylation is 1. The molecule has 4 heterocycles. The van der Waals surface area contributed by atoms with Gasteiger partial charge in [-0.05, 0) is 57.4 Å². The zero-order valence-corrected chi connectivity index (χ0v) is 30.5. The molecule has 2 fully saturated rings. The van der Waals surface area contributed by atoms with E-state index in [1.54, 1.807) is 44.2 Å². The number of nitrogens with one attached hydrogen (secondary N) is 4. The van der Waals surface area contributed by atoms with Crippen molar-refractivity contribution < 1.29 is 24.3 Å². The maximum absolute atomic E-state index is 13.8. The van der Waals surface area contributed by atoms with Crippen LogP contribution in [0.5, 0.6) is 0 Å². The average Bonchev–Trinajstić information content (AvgIpc) is 3.72. The van der Waals surface area contributed by atoms with Gasteiger partial charge in [0, 0.05) is 57.9 Å². The van der Waals surface area contributed by atoms with Gasteiger partial charge in [-0.15, -0.1) is 23.7 Å². The first-order valence-corrected chi connectivity index (χ1v) is 17.6. The third-order valence-corrected chi connectivity index (χ3v) is 10.4. The highest BCUT2D eigenvalue weighted by Crippen LogP contribution is 2.30. The van der Waals surface area contributed by atoms with Gasteiger partial charge in [0.1, 0.15) is 11.9 Å². The zero-order chi connectivity index (χ0) is 35.1. The Morgan fingerprint density at radius 3 is 2.42 bits per heavy atom. The molecule has 0 spiro atoms. The number of halogens is 1. The Labute approximate surface area is 303 Å². The monoisotopic (exact) mass is 726 g/mol. The van der Waals surface area contributed by atoms with Crippen LogP contribution < -0.4 is 26.2 Å². The van der Waals surface area contributed by atoms with Crippen LogP contribution in [0.15, 0.2) is 48.1 Å². The van der Waals surface area contributed by atoms with Crippen LogP contribution in [0.25, 0.3) is 10.4 Å². The largest absolute Gasteiger partial charge is 0.391 e. The van der Waals surface area contributed by atoms with Crippen molar-refractivity contribution in [2.45, 2.75) is 58.7 Å². The van der Waals surface area contributed by atoms with Crippen LogP contribution in [0.2, 0.25) is 0 Å². The van der Waals surface area contributed by atoms with Crippen molar-refractivity contribution >= 4 is 53.2 Å². The number of hydrogen-bond donors (Lipinski definition) is 5. The number of likely N-dealkylation sites (tertiary alicyclic amines) is 1. The summed E-state index contributed by atoms with van der Waals surface area (Å²) in [5, 5.41) is 22.1. The molecule has 50 heavy (non-hydrogen) atoms. The van der Waals surface area contributed by atoms with Gasteiger partial charge < -0.3 is 36.2 Å². The van der Waals surface area contributed by atoms with Crippen molar-refractivity contribution in [3.05, 3.63) is 64.9 Å². The number of carbonyl (C=O) groups is 4. The average molecular weight is 727 g/mol. The number of anilines is 1. The fraction of sp³-hybridized carbons (Fsp3) is 0.486. The van der Waals surface area contributed by atoms with E-state index in [1.807, 2.05) is 36.7 Å². The van der Waals surface area contributed by atoms with Crippen LogP contribution in [-0.2, 0) is 20.8 Å². The predicted molar refractivity (Wildman–Crippen MR) is 195 cm³/mol. The molecule has 2 saturated heterocycles. The molecule has 0 saturated carbocycles. The normalized spacial score (nSPS) is 18.2. The molecule has 0 bridgehead atoms. The summed E-state index contributed by atoms with van der Waals surface area (Å²) in [6, 6.07) is 10.2. The zero-order valence-electron chi connectivity index (χ0n) is 28.9. The molecule has 1 aromatic carbocycles. The summed E-state index contributed by atoms with van der Waals surface area (Å²) in [6.07, 6.45) is 1.40. The molecule has 5 rings (SSSR count). The number of thiazole rings is 1. The molecular weight excluding hydrogens is 680 g/mol. The van der Waals surface area contributed by atoms with Crippen LogP contribution in [0.1, 0.15) is 48.8 Å². The number of aliphatic hydroxyl groups is 1. The first-order valence-electron chi connectivity index (χ1n) is 16.7. The maximum Gasteiger partial charge on any atom is 0.253 e. The van der Waals surface area contributed by atoms with E-state index in [0.717, 1.165) is 53.7 Å². The number of aliphatic hydroxyl groups excluding tert-OH is 1. The summed E-state index contributed by atoms with van der Waals surface area (Å²) < 4.78 is 0. The number of carbonyl (C=O) groups excluding carboxylic acids is 4. The van der Waals surface area contributed by atoms with Gasteiger partial charge in [0.25, 0.3) is 5.91 Å². The molecule has 2 aliphatic heterocycles. The molecule has 0 unspecified atom stereocenters. The molecule has 5 N–H and O–H groups in total. The molecule has 2 aliphatic rings. The van der Waals surface area contributed by atoms with E-state index in [4.69, 9.17) is 0 Å². The summed E-state index contributed by atoms with van der Waals surface area (Å²) in [5.41, 5.74) is 4.22. The van der Waals surface area contributed by atoms with E-state index < -0.39 is 35.4 Å². The Bertz CT molecular complexity index is 1630. The smallest absolute Gasteiger partial charge is 0.253 e. The molecular formula is C35H47ClN8O5S. The van der Waals surface area contributed by atoms with E-state index in [0.29, 0.717) is 18.5 Å². The molecule has 15 heteroatoms. The minimum Gasteiger partial charge on any atom is -0.391 e. The van der Waals surface area contributed by atoms with E-state index in [-0.39, 0.29) is 43.7 Å². The lowest BCUT2D eigenvalue weighted by molar-refractivity contribution is -0.147. The highest BCUT2D eigenvalue weighted by Gasteiger charge is 2.46. The van der Waals surface area contributed by atoms with Crippen LogP contribution >= 0.6 is 23.7 Å². The summed E-state index contributed by atoms with van der Waals surface area (Å²) in [4.78, 5) is 65.9. The van der Waals surface area contributed by atoms with Crippen molar-refractivity contribution in [2.24, 2.45) is 5.41 Å². The Morgan fingerprint density at radius 2 is 1.78 bits per heavy atom. The second-order valence-electron chi connectivity index (χ2n) is 13.2. The van der Waals surface area contributed by atoms with Crippen molar-refractivity contribution in [3.63, 3.8) is 0 Å². The standard InChI is InChI=1S/C35H46N8O5S.ClH/c1-22-31(49-21-40-22)25-7-5-24(6-8-25)11-12-37-33(47)28-17-27(44)20-43(28)34(48)35(3,4)23(2)41-30(45)19-39-32(46)26-9-10-29(38-18-26)42-15-13-36-14-16-42;/h5-10,18,21,23,27-28,36,44H,11-17,19-20H2,1-4H3,(H,37,47)(H,39,46)(H,41,45);1H/t23-,27+,28-;/m0./s1. The summed E-state index contributed by atoms with van der Waals surface area (Å²) in [5.74, 6) is -0.775. The van der Waals surface area contributed by atoms with Crippen LogP contribution in [0.3, 0.4) is 0 Å².